The number of thioether (sulfide) groups is 1. The fourth-order valence-electron chi connectivity index (χ4n) is 2.47. The van der Waals surface area contributed by atoms with Crippen LogP contribution in [0.1, 0.15) is 12.0 Å². The summed E-state index contributed by atoms with van der Waals surface area (Å²) in [5.41, 5.74) is 1.36. The van der Waals surface area contributed by atoms with Crippen LogP contribution < -0.4 is 10.1 Å². The van der Waals surface area contributed by atoms with Gasteiger partial charge in [-0.25, -0.2) is 0 Å². The summed E-state index contributed by atoms with van der Waals surface area (Å²) in [6.07, 6.45) is 2.43. The number of hydrogen-bond acceptors (Lipinski definition) is 3. The molecule has 1 fully saturated rings. The van der Waals surface area contributed by atoms with Gasteiger partial charge in [0.05, 0.1) is 11.6 Å². The van der Waals surface area contributed by atoms with E-state index in [1.165, 1.54) is 23.5 Å². The highest BCUT2D eigenvalue weighted by Crippen LogP contribution is 2.30. The molecular formula is C14H20BrNOS. The van der Waals surface area contributed by atoms with Crippen LogP contribution in [0.5, 0.6) is 5.75 Å². The van der Waals surface area contributed by atoms with Crippen LogP contribution in [0.2, 0.25) is 0 Å². The van der Waals surface area contributed by atoms with Gasteiger partial charge in [-0.3, -0.25) is 0 Å². The van der Waals surface area contributed by atoms with Gasteiger partial charge in [-0.1, -0.05) is 6.07 Å². The third-order valence-corrected chi connectivity index (χ3v) is 5.38. The van der Waals surface area contributed by atoms with E-state index in [1.54, 1.807) is 7.11 Å². The fourth-order valence-corrected chi connectivity index (χ4v) is 4.39. The predicted molar refractivity (Wildman–Crippen MR) is 82.7 cm³/mol. The van der Waals surface area contributed by atoms with Crippen LogP contribution in [0, 0.1) is 5.92 Å². The zero-order valence-corrected chi connectivity index (χ0v) is 13.3. The van der Waals surface area contributed by atoms with E-state index in [4.69, 9.17) is 4.74 Å². The molecule has 1 saturated heterocycles. The lowest BCUT2D eigenvalue weighted by Gasteiger charge is -2.22. The Bertz CT molecular complexity index is 393. The first-order chi connectivity index (χ1) is 8.74. The zero-order valence-electron chi connectivity index (χ0n) is 10.9. The Morgan fingerprint density at radius 2 is 2.39 bits per heavy atom. The molecule has 0 saturated carbocycles. The lowest BCUT2D eigenvalue weighted by molar-refractivity contribution is 0.401. The van der Waals surface area contributed by atoms with Crippen molar-refractivity contribution < 1.29 is 4.74 Å². The second kappa shape index (κ2) is 6.83. The molecule has 4 heteroatoms. The smallest absolute Gasteiger partial charge is 0.133 e. The topological polar surface area (TPSA) is 21.3 Å². The number of hydrogen-bond donors (Lipinski definition) is 1. The average Bonchev–Trinajstić information content (AvgIpc) is 2.90. The number of methoxy groups -OCH3 is 1. The van der Waals surface area contributed by atoms with Crippen LogP contribution >= 0.6 is 27.7 Å². The third-order valence-electron chi connectivity index (χ3n) is 3.58. The summed E-state index contributed by atoms with van der Waals surface area (Å²) in [6.45, 7) is 0. The van der Waals surface area contributed by atoms with Crippen molar-refractivity contribution in [3.63, 3.8) is 0 Å². The van der Waals surface area contributed by atoms with Crippen LogP contribution in [0.3, 0.4) is 0 Å². The van der Waals surface area contributed by atoms with E-state index in [9.17, 15) is 0 Å². The largest absolute Gasteiger partial charge is 0.496 e. The Morgan fingerprint density at radius 1 is 1.56 bits per heavy atom. The first-order valence-electron chi connectivity index (χ1n) is 6.32. The molecule has 1 aliphatic heterocycles. The second-order valence-corrected chi connectivity index (χ2v) is 6.70. The number of nitrogens with one attached hydrogen (secondary N) is 1. The molecule has 100 valence electrons. The van der Waals surface area contributed by atoms with E-state index >= 15 is 0 Å². The molecule has 1 aromatic rings. The molecule has 1 N–H and O–H groups in total. The van der Waals surface area contributed by atoms with Crippen molar-refractivity contribution in [3.8, 4) is 5.75 Å². The number of ether oxygens (including phenoxy) is 1. The molecule has 2 rings (SSSR count). The van der Waals surface area contributed by atoms with Crippen molar-refractivity contribution in [1.29, 1.82) is 0 Å². The highest BCUT2D eigenvalue weighted by atomic mass is 79.9. The first kappa shape index (κ1) is 14.2. The lowest BCUT2D eigenvalue weighted by Crippen LogP contribution is -2.35. The van der Waals surface area contributed by atoms with E-state index in [2.05, 4.69) is 52.2 Å². The molecule has 2 atom stereocenters. The molecule has 1 aromatic carbocycles. The summed E-state index contributed by atoms with van der Waals surface area (Å²) in [4.78, 5) is 0. The maximum Gasteiger partial charge on any atom is 0.133 e. The van der Waals surface area contributed by atoms with Crippen molar-refractivity contribution in [2.24, 2.45) is 5.92 Å². The van der Waals surface area contributed by atoms with Gasteiger partial charge in [0.2, 0.25) is 0 Å². The van der Waals surface area contributed by atoms with Crippen molar-refractivity contribution in [1.82, 2.24) is 5.32 Å². The summed E-state index contributed by atoms with van der Waals surface area (Å²) in [6, 6.07) is 6.96. The molecule has 2 nitrogen and oxygen atoms in total. The van der Waals surface area contributed by atoms with Crippen molar-refractivity contribution >= 4 is 27.7 Å². The molecule has 2 unspecified atom stereocenters. The molecule has 18 heavy (non-hydrogen) atoms. The maximum atomic E-state index is 5.27. The second-order valence-electron chi connectivity index (χ2n) is 4.69. The summed E-state index contributed by atoms with van der Waals surface area (Å²) in [5, 5.41) is 3.48. The molecule has 0 amide bonds. The molecule has 0 spiro atoms. The SMILES string of the molecule is CNC(Cc1ccc(OC)c(Br)c1)C1CCSC1. The molecule has 0 aromatic heterocycles. The summed E-state index contributed by atoms with van der Waals surface area (Å²) >= 11 is 5.63. The molecule has 0 aliphatic carbocycles. The Kier molecular flexibility index (Phi) is 5.39. The minimum atomic E-state index is 0.584. The number of likely N-dealkylation sites (N-methyl/N-ethyl adjacent to an activating group) is 1. The summed E-state index contributed by atoms with van der Waals surface area (Å²) in [7, 11) is 3.78. The van der Waals surface area contributed by atoms with Crippen LogP contribution in [-0.2, 0) is 6.42 Å². The molecule has 0 radical (unpaired) electrons. The van der Waals surface area contributed by atoms with E-state index in [0.717, 1.165) is 22.6 Å². The molecule has 0 bridgehead atoms. The van der Waals surface area contributed by atoms with Gasteiger partial charge in [-0.15, -0.1) is 0 Å². The lowest BCUT2D eigenvalue weighted by atomic mass is 9.93. The van der Waals surface area contributed by atoms with Crippen LogP contribution in [0.4, 0.5) is 0 Å². The Labute approximate surface area is 122 Å². The molecule has 1 aliphatic rings. The monoisotopic (exact) mass is 329 g/mol. The number of halogens is 1. The minimum absolute atomic E-state index is 0.584. The Morgan fingerprint density at radius 3 is 2.94 bits per heavy atom. The van der Waals surface area contributed by atoms with Crippen LogP contribution in [0.25, 0.3) is 0 Å². The van der Waals surface area contributed by atoms with Gasteiger partial charge in [0.15, 0.2) is 0 Å². The van der Waals surface area contributed by atoms with E-state index < -0.39 is 0 Å². The van der Waals surface area contributed by atoms with E-state index in [0.29, 0.717) is 6.04 Å². The third kappa shape index (κ3) is 3.43. The Balaban J connectivity index is 2.04. The molecule has 1 heterocycles. The fraction of sp³-hybridized carbons (Fsp3) is 0.571. The van der Waals surface area contributed by atoms with E-state index in [-0.39, 0.29) is 0 Å². The van der Waals surface area contributed by atoms with Gasteiger partial charge in [0, 0.05) is 6.04 Å². The van der Waals surface area contributed by atoms with Crippen molar-refractivity contribution in [2.45, 2.75) is 18.9 Å². The predicted octanol–water partition coefficient (Wildman–Crippen LogP) is 3.34. The standard InChI is InChI=1S/C14H20BrNOS/c1-16-13(11-5-6-18-9-11)8-10-3-4-14(17-2)12(15)7-10/h3-4,7,11,13,16H,5-6,8-9H2,1-2H3. The van der Waals surface area contributed by atoms with Gasteiger partial charge in [-0.05, 0) is 70.9 Å². The van der Waals surface area contributed by atoms with Gasteiger partial charge in [0.1, 0.15) is 5.75 Å². The number of benzene rings is 1. The van der Waals surface area contributed by atoms with Gasteiger partial charge in [0.25, 0.3) is 0 Å². The first-order valence-corrected chi connectivity index (χ1v) is 8.26. The molecular weight excluding hydrogens is 310 g/mol. The number of rotatable bonds is 5. The van der Waals surface area contributed by atoms with Gasteiger partial charge >= 0.3 is 0 Å². The zero-order chi connectivity index (χ0) is 13.0. The van der Waals surface area contributed by atoms with Crippen LogP contribution in [-0.4, -0.2) is 31.7 Å². The van der Waals surface area contributed by atoms with Crippen LogP contribution in [0.15, 0.2) is 22.7 Å². The van der Waals surface area contributed by atoms with Crippen molar-refractivity contribution in [2.75, 3.05) is 25.7 Å². The summed E-state index contributed by atoms with van der Waals surface area (Å²) in [5.74, 6) is 4.31. The highest BCUT2D eigenvalue weighted by Gasteiger charge is 2.24. The van der Waals surface area contributed by atoms with Crippen molar-refractivity contribution in [3.05, 3.63) is 28.2 Å². The quantitative estimate of drug-likeness (QED) is 0.895. The van der Waals surface area contributed by atoms with Gasteiger partial charge in [-0.2, -0.15) is 11.8 Å². The Hall–Kier alpha value is -0.190. The normalized spacial score (nSPS) is 20.9. The van der Waals surface area contributed by atoms with E-state index in [1.807, 2.05) is 6.07 Å². The highest BCUT2D eigenvalue weighted by molar-refractivity contribution is 9.10. The van der Waals surface area contributed by atoms with Gasteiger partial charge < -0.3 is 10.1 Å². The average molecular weight is 330 g/mol. The minimum Gasteiger partial charge on any atom is -0.496 e. The summed E-state index contributed by atoms with van der Waals surface area (Å²) < 4.78 is 6.31. The maximum absolute atomic E-state index is 5.27.